The second-order valence-corrected chi connectivity index (χ2v) is 6.32. The highest BCUT2D eigenvalue weighted by atomic mass is 79.9. The van der Waals surface area contributed by atoms with E-state index in [0.29, 0.717) is 12.1 Å². The molecule has 0 aliphatic rings. The quantitative estimate of drug-likeness (QED) is 0.706. The zero-order valence-electron chi connectivity index (χ0n) is 13.3. The molecule has 0 radical (unpaired) electrons. The van der Waals surface area contributed by atoms with Crippen molar-refractivity contribution in [3.63, 3.8) is 0 Å². The maximum absolute atomic E-state index is 3.61. The van der Waals surface area contributed by atoms with Gasteiger partial charge < -0.3 is 10.2 Å². The van der Waals surface area contributed by atoms with Crippen molar-refractivity contribution in [2.24, 2.45) is 0 Å². The van der Waals surface area contributed by atoms with Crippen LogP contribution in [0.25, 0.3) is 0 Å². The molecule has 1 aromatic rings. The van der Waals surface area contributed by atoms with Gasteiger partial charge in [-0.2, -0.15) is 0 Å². The normalized spacial score (nSPS) is 13.2. The first-order chi connectivity index (χ1) is 9.62. The molecule has 1 unspecified atom stereocenters. The van der Waals surface area contributed by atoms with E-state index in [-0.39, 0.29) is 0 Å². The van der Waals surface area contributed by atoms with Crippen LogP contribution < -0.4 is 5.32 Å². The van der Waals surface area contributed by atoms with Crippen LogP contribution in [0.1, 0.15) is 51.6 Å². The third kappa shape index (κ3) is 5.55. The molecule has 0 aliphatic carbocycles. The van der Waals surface area contributed by atoms with Gasteiger partial charge in [-0.3, -0.25) is 0 Å². The number of hydrogen-bond acceptors (Lipinski definition) is 2. The highest BCUT2D eigenvalue weighted by Crippen LogP contribution is 2.20. The minimum absolute atomic E-state index is 0.449. The van der Waals surface area contributed by atoms with Crippen molar-refractivity contribution in [3.8, 4) is 0 Å². The standard InChI is InChI=1S/C17H29BrN2/c1-5-16(6-2)20(4)13-12-17(19-7-3)14-8-10-15(18)11-9-14/h8-11,16-17,19H,5-7,12-13H2,1-4H3. The Morgan fingerprint density at radius 3 is 2.20 bits per heavy atom. The third-order valence-corrected chi connectivity index (χ3v) is 4.59. The van der Waals surface area contributed by atoms with Crippen LogP contribution >= 0.6 is 15.9 Å². The van der Waals surface area contributed by atoms with E-state index in [0.717, 1.165) is 24.0 Å². The second kappa shape index (κ2) is 9.54. The molecule has 0 saturated heterocycles. The van der Waals surface area contributed by atoms with Gasteiger partial charge in [-0.15, -0.1) is 0 Å². The van der Waals surface area contributed by atoms with Crippen molar-refractivity contribution in [1.82, 2.24) is 10.2 Å². The molecule has 1 N–H and O–H groups in total. The van der Waals surface area contributed by atoms with Gasteiger partial charge in [0.1, 0.15) is 0 Å². The summed E-state index contributed by atoms with van der Waals surface area (Å²) in [6.45, 7) is 8.88. The average molecular weight is 341 g/mol. The van der Waals surface area contributed by atoms with Gasteiger partial charge in [-0.05, 0) is 57.1 Å². The van der Waals surface area contributed by atoms with E-state index in [4.69, 9.17) is 0 Å². The van der Waals surface area contributed by atoms with E-state index in [1.807, 2.05) is 0 Å². The maximum atomic E-state index is 3.61. The van der Waals surface area contributed by atoms with Crippen LogP contribution in [0.2, 0.25) is 0 Å². The molecule has 1 rings (SSSR count). The monoisotopic (exact) mass is 340 g/mol. The summed E-state index contributed by atoms with van der Waals surface area (Å²) in [4.78, 5) is 2.50. The summed E-state index contributed by atoms with van der Waals surface area (Å²) < 4.78 is 1.14. The fourth-order valence-electron chi connectivity index (χ4n) is 2.76. The van der Waals surface area contributed by atoms with Crippen LogP contribution in [-0.2, 0) is 0 Å². The number of benzene rings is 1. The first kappa shape index (κ1) is 17.7. The summed E-state index contributed by atoms with van der Waals surface area (Å²) >= 11 is 3.50. The SMILES string of the molecule is CCNC(CCN(C)C(CC)CC)c1ccc(Br)cc1. The van der Waals surface area contributed by atoms with Crippen LogP contribution in [0.5, 0.6) is 0 Å². The Morgan fingerprint density at radius 1 is 1.10 bits per heavy atom. The Hall–Kier alpha value is -0.380. The van der Waals surface area contributed by atoms with Gasteiger partial charge in [-0.25, -0.2) is 0 Å². The third-order valence-electron chi connectivity index (χ3n) is 4.06. The molecular formula is C17H29BrN2. The zero-order valence-corrected chi connectivity index (χ0v) is 14.9. The van der Waals surface area contributed by atoms with E-state index >= 15 is 0 Å². The highest BCUT2D eigenvalue weighted by Gasteiger charge is 2.14. The van der Waals surface area contributed by atoms with Crippen molar-refractivity contribution in [1.29, 1.82) is 0 Å². The molecule has 0 bridgehead atoms. The van der Waals surface area contributed by atoms with Crippen LogP contribution in [0.4, 0.5) is 0 Å². The van der Waals surface area contributed by atoms with Gasteiger partial charge in [0, 0.05) is 16.6 Å². The Labute approximate surface area is 133 Å². The summed E-state index contributed by atoms with van der Waals surface area (Å²) in [6.07, 6.45) is 3.62. The predicted octanol–water partition coefficient (Wildman–Crippen LogP) is 4.61. The van der Waals surface area contributed by atoms with Crippen molar-refractivity contribution < 1.29 is 0 Å². The molecule has 0 fully saturated rings. The summed E-state index contributed by atoms with van der Waals surface area (Å²) in [5, 5.41) is 3.61. The van der Waals surface area contributed by atoms with E-state index in [9.17, 15) is 0 Å². The van der Waals surface area contributed by atoms with Gasteiger partial charge in [0.25, 0.3) is 0 Å². The molecule has 20 heavy (non-hydrogen) atoms. The van der Waals surface area contributed by atoms with Crippen molar-refractivity contribution in [3.05, 3.63) is 34.3 Å². The Morgan fingerprint density at radius 2 is 1.70 bits per heavy atom. The lowest BCUT2D eigenvalue weighted by Gasteiger charge is -2.28. The van der Waals surface area contributed by atoms with E-state index in [1.54, 1.807) is 0 Å². The molecule has 0 amide bonds. The molecule has 1 aromatic carbocycles. The molecule has 3 heteroatoms. The maximum Gasteiger partial charge on any atom is 0.0332 e. The van der Waals surface area contributed by atoms with E-state index in [1.165, 1.54) is 18.4 Å². The van der Waals surface area contributed by atoms with Crippen LogP contribution in [0.15, 0.2) is 28.7 Å². The van der Waals surface area contributed by atoms with Gasteiger partial charge in [0.2, 0.25) is 0 Å². The molecule has 0 spiro atoms. The predicted molar refractivity (Wildman–Crippen MR) is 92.2 cm³/mol. The van der Waals surface area contributed by atoms with E-state index < -0.39 is 0 Å². The Kier molecular flexibility index (Phi) is 8.43. The second-order valence-electron chi connectivity index (χ2n) is 5.40. The molecule has 0 aliphatic heterocycles. The van der Waals surface area contributed by atoms with Gasteiger partial charge >= 0.3 is 0 Å². The molecule has 2 nitrogen and oxygen atoms in total. The summed E-state index contributed by atoms with van der Waals surface area (Å²) in [6, 6.07) is 9.85. The number of rotatable bonds is 9. The highest BCUT2D eigenvalue weighted by molar-refractivity contribution is 9.10. The Bertz CT molecular complexity index is 360. The smallest absolute Gasteiger partial charge is 0.0332 e. The number of nitrogens with zero attached hydrogens (tertiary/aromatic N) is 1. The van der Waals surface area contributed by atoms with Crippen molar-refractivity contribution in [2.75, 3.05) is 20.1 Å². The van der Waals surface area contributed by atoms with Crippen molar-refractivity contribution in [2.45, 2.75) is 52.1 Å². The van der Waals surface area contributed by atoms with Gasteiger partial charge in [-0.1, -0.05) is 48.8 Å². The minimum atomic E-state index is 0.449. The first-order valence-electron chi connectivity index (χ1n) is 7.81. The zero-order chi connectivity index (χ0) is 15.0. The Balaban J connectivity index is 2.61. The molecule has 0 heterocycles. The molecule has 1 atom stereocenters. The lowest BCUT2D eigenvalue weighted by atomic mass is 10.0. The van der Waals surface area contributed by atoms with Crippen LogP contribution in [0, 0.1) is 0 Å². The first-order valence-corrected chi connectivity index (χ1v) is 8.60. The fourth-order valence-corrected chi connectivity index (χ4v) is 3.02. The van der Waals surface area contributed by atoms with Crippen LogP contribution in [0.3, 0.4) is 0 Å². The topological polar surface area (TPSA) is 15.3 Å². The van der Waals surface area contributed by atoms with E-state index in [2.05, 4.69) is 78.2 Å². The van der Waals surface area contributed by atoms with Crippen molar-refractivity contribution >= 4 is 15.9 Å². The number of nitrogens with one attached hydrogen (secondary N) is 1. The molecule has 114 valence electrons. The summed E-state index contributed by atoms with van der Waals surface area (Å²) in [5.74, 6) is 0. The molecule has 0 saturated carbocycles. The summed E-state index contributed by atoms with van der Waals surface area (Å²) in [7, 11) is 2.25. The summed E-state index contributed by atoms with van der Waals surface area (Å²) in [5.41, 5.74) is 1.38. The molecule has 0 aromatic heterocycles. The average Bonchev–Trinajstić information content (AvgIpc) is 2.46. The molecular weight excluding hydrogens is 312 g/mol. The lowest BCUT2D eigenvalue weighted by Crippen LogP contribution is -2.34. The van der Waals surface area contributed by atoms with Crippen LogP contribution in [-0.4, -0.2) is 31.1 Å². The fraction of sp³-hybridized carbons (Fsp3) is 0.647. The minimum Gasteiger partial charge on any atom is -0.310 e. The largest absolute Gasteiger partial charge is 0.310 e. The lowest BCUT2D eigenvalue weighted by molar-refractivity contribution is 0.218. The van der Waals surface area contributed by atoms with Gasteiger partial charge in [0.15, 0.2) is 0 Å². The number of halogens is 1. The van der Waals surface area contributed by atoms with Gasteiger partial charge in [0.05, 0.1) is 0 Å². The number of hydrogen-bond donors (Lipinski definition) is 1.